The average molecular weight is 219 g/mol. The molecule has 0 amide bonds. The molecule has 0 radical (unpaired) electrons. The number of fused-ring (bicyclic) bond motifs is 1. The molecule has 70 valence electrons. The summed E-state index contributed by atoms with van der Waals surface area (Å²) in [5.74, 6) is 0.755. The number of nitrogens with zero attached hydrogens (tertiary/aromatic N) is 2. The van der Waals surface area contributed by atoms with Crippen molar-refractivity contribution in [2.75, 3.05) is 0 Å². The fraction of sp³-hybridized carbons (Fsp3) is 0.429. The summed E-state index contributed by atoms with van der Waals surface area (Å²) in [4.78, 5) is 10.4. The Kier molecular flexibility index (Phi) is 2.21. The molecular weight excluding hydrogens is 212 g/mol. The molecular formula is C7H7ClN2O2S. The third-order valence-electron chi connectivity index (χ3n) is 1.84. The fourth-order valence-electron chi connectivity index (χ4n) is 1.27. The minimum atomic E-state index is -0.921. The van der Waals surface area contributed by atoms with E-state index in [9.17, 15) is 4.79 Å². The summed E-state index contributed by atoms with van der Waals surface area (Å²) < 4.78 is 1.34. The number of carboxylic acid groups (broad SMARTS) is 1. The van der Waals surface area contributed by atoms with E-state index in [1.165, 1.54) is 4.68 Å². The van der Waals surface area contributed by atoms with Crippen LogP contribution in [0.25, 0.3) is 0 Å². The Labute approximate surface area is 83.9 Å². The fourth-order valence-corrected chi connectivity index (χ4v) is 2.65. The molecule has 0 unspecified atom stereocenters. The zero-order chi connectivity index (χ0) is 9.42. The van der Waals surface area contributed by atoms with Crippen LogP contribution in [0.15, 0.2) is 0 Å². The first kappa shape index (κ1) is 8.90. The van der Waals surface area contributed by atoms with E-state index >= 15 is 0 Å². The normalized spacial score (nSPS) is 14.5. The maximum atomic E-state index is 10.4. The highest BCUT2D eigenvalue weighted by molar-refractivity contribution is 7.98. The van der Waals surface area contributed by atoms with E-state index in [0.29, 0.717) is 5.15 Å². The van der Waals surface area contributed by atoms with Gasteiger partial charge in [0.05, 0.1) is 5.69 Å². The molecule has 0 aromatic carbocycles. The molecule has 0 bridgehead atoms. The summed E-state index contributed by atoms with van der Waals surface area (Å²) in [5, 5.41) is 13.1. The number of hydrogen-bond donors (Lipinski definition) is 1. The Balaban J connectivity index is 2.33. The highest BCUT2D eigenvalue weighted by atomic mass is 35.5. The van der Waals surface area contributed by atoms with Crippen molar-refractivity contribution >= 4 is 29.3 Å². The molecule has 4 nitrogen and oxygen atoms in total. The summed E-state index contributed by atoms with van der Waals surface area (Å²) in [6.45, 7) is -0.156. The van der Waals surface area contributed by atoms with Gasteiger partial charge in [0.1, 0.15) is 11.7 Å². The number of aromatic nitrogens is 2. The van der Waals surface area contributed by atoms with Crippen molar-refractivity contribution in [1.29, 1.82) is 0 Å². The number of rotatable bonds is 2. The monoisotopic (exact) mass is 218 g/mol. The van der Waals surface area contributed by atoms with Gasteiger partial charge in [-0.15, -0.1) is 0 Å². The molecule has 0 saturated carbocycles. The van der Waals surface area contributed by atoms with Crippen LogP contribution in [0.4, 0.5) is 0 Å². The molecule has 2 heterocycles. The van der Waals surface area contributed by atoms with E-state index in [0.717, 1.165) is 22.8 Å². The standard InChI is InChI=1S/C7H7ClN2O2S/c8-7-4-2-13-3-5(4)9-10(7)1-6(11)12/h1-3H2,(H,11,12). The first-order chi connectivity index (χ1) is 6.18. The summed E-state index contributed by atoms with van der Waals surface area (Å²) in [6.07, 6.45) is 0. The predicted molar refractivity (Wildman–Crippen MR) is 49.9 cm³/mol. The number of carbonyl (C=O) groups is 1. The number of thioether (sulfide) groups is 1. The minimum Gasteiger partial charge on any atom is -0.480 e. The summed E-state index contributed by atoms with van der Waals surface area (Å²) in [6, 6.07) is 0. The molecule has 13 heavy (non-hydrogen) atoms. The van der Waals surface area contributed by atoms with Gasteiger partial charge in [0.2, 0.25) is 0 Å². The van der Waals surface area contributed by atoms with Gasteiger partial charge in [-0.3, -0.25) is 4.79 Å². The van der Waals surface area contributed by atoms with E-state index in [1.807, 2.05) is 0 Å². The molecule has 0 aliphatic carbocycles. The Morgan fingerprint density at radius 1 is 1.69 bits per heavy atom. The average Bonchev–Trinajstić information content (AvgIpc) is 2.56. The molecule has 6 heteroatoms. The summed E-state index contributed by atoms with van der Waals surface area (Å²) >= 11 is 7.68. The van der Waals surface area contributed by atoms with Crippen LogP contribution in [0, 0.1) is 0 Å². The second kappa shape index (κ2) is 3.23. The van der Waals surface area contributed by atoms with E-state index in [-0.39, 0.29) is 6.54 Å². The van der Waals surface area contributed by atoms with Crippen molar-refractivity contribution in [2.45, 2.75) is 18.1 Å². The molecule has 0 saturated heterocycles. The van der Waals surface area contributed by atoms with Crippen molar-refractivity contribution < 1.29 is 9.90 Å². The maximum absolute atomic E-state index is 10.4. The van der Waals surface area contributed by atoms with Crippen LogP contribution in [0.2, 0.25) is 5.15 Å². The van der Waals surface area contributed by atoms with E-state index in [2.05, 4.69) is 5.10 Å². The van der Waals surface area contributed by atoms with Gasteiger partial charge >= 0.3 is 5.97 Å². The number of carboxylic acids is 1. The van der Waals surface area contributed by atoms with Crippen LogP contribution in [-0.4, -0.2) is 20.9 Å². The third-order valence-corrected chi connectivity index (χ3v) is 3.23. The highest BCUT2D eigenvalue weighted by Gasteiger charge is 2.21. The topological polar surface area (TPSA) is 55.1 Å². The summed E-state index contributed by atoms with van der Waals surface area (Å²) in [5.41, 5.74) is 1.92. The Bertz CT molecular complexity index is 364. The number of hydrogen-bond acceptors (Lipinski definition) is 3. The Morgan fingerprint density at radius 2 is 2.46 bits per heavy atom. The molecule has 1 aliphatic heterocycles. The number of halogens is 1. The lowest BCUT2D eigenvalue weighted by Gasteiger charge is -1.98. The molecule has 0 fully saturated rings. The van der Waals surface area contributed by atoms with Crippen LogP contribution in [0.5, 0.6) is 0 Å². The Morgan fingerprint density at radius 3 is 3.08 bits per heavy atom. The van der Waals surface area contributed by atoms with Crippen molar-refractivity contribution in [3.8, 4) is 0 Å². The van der Waals surface area contributed by atoms with Gasteiger partial charge < -0.3 is 5.11 Å². The van der Waals surface area contributed by atoms with E-state index in [4.69, 9.17) is 16.7 Å². The lowest BCUT2D eigenvalue weighted by atomic mass is 10.3. The van der Waals surface area contributed by atoms with Crippen LogP contribution in [-0.2, 0) is 22.8 Å². The molecule has 2 rings (SSSR count). The third kappa shape index (κ3) is 1.53. The Hall–Kier alpha value is -0.680. The lowest BCUT2D eigenvalue weighted by molar-refractivity contribution is -0.137. The highest BCUT2D eigenvalue weighted by Crippen LogP contribution is 2.34. The van der Waals surface area contributed by atoms with Gasteiger partial charge in [-0.1, -0.05) is 11.6 Å². The molecule has 0 atom stereocenters. The zero-order valence-electron chi connectivity index (χ0n) is 6.66. The van der Waals surface area contributed by atoms with Gasteiger partial charge in [-0.05, 0) is 0 Å². The molecule has 1 N–H and O–H groups in total. The van der Waals surface area contributed by atoms with Gasteiger partial charge in [-0.25, -0.2) is 4.68 Å². The van der Waals surface area contributed by atoms with Gasteiger partial charge in [0.15, 0.2) is 0 Å². The van der Waals surface area contributed by atoms with Crippen LogP contribution < -0.4 is 0 Å². The van der Waals surface area contributed by atoms with Crippen molar-refractivity contribution in [3.05, 3.63) is 16.4 Å². The van der Waals surface area contributed by atoms with Crippen LogP contribution in [0.3, 0.4) is 0 Å². The number of aliphatic carboxylic acids is 1. The quantitative estimate of drug-likeness (QED) is 0.815. The maximum Gasteiger partial charge on any atom is 0.325 e. The lowest BCUT2D eigenvalue weighted by Crippen LogP contribution is -2.10. The van der Waals surface area contributed by atoms with Crippen molar-refractivity contribution in [2.24, 2.45) is 0 Å². The molecule has 1 aliphatic rings. The zero-order valence-corrected chi connectivity index (χ0v) is 8.23. The second-order valence-corrected chi connectivity index (χ2v) is 4.10. The van der Waals surface area contributed by atoms with Crippen molar-refractivity contribution in [1.82, 2.24) is 9.78 Å². The predicted octanol–water partition coefficient (Wildman–Crippen LogP) is 1.37. The smallest absolute Gasteiger partial charge is 0.325 e. The van der Waals surface area contributed by atoms with E-state index in [1.54, 1.807) is 11.8 Å². The molecule has 1 aromatic rings. The minimum absolute atomic E-state index is 0.156. The van der Waals surface area contributed by atoms with Crippen molar-refractivity contribution in [3.63, 3.8) is 0 Å². The first-order valence-corrected chi connectivity index (χ1v) is 5.25. The van der Waals surface area contributed by atoms with Crippen LogP contribution in [0.1, 0.15) is 11.3 Å². The molecule has 1 aromatic heterocycles. The van der Waals surface area contributed by atoms with Gasteiger partial charge in [-0.2, -0.15) is 16.9 Å². The van der Waals surface area contributed by atoms with Gasteiger partial charge in [0, 0.05) is 17.1 Å². The second-order valence-electron chi connectivity index (χ2n) is 2.76. The first-order valence-electron chi connectivity index (χ1n) is 3.72. The SMILES string of the molecule is O=C(O)Cn1nc2c(c1Cl)CSC2. The largest absolute Gasteiger partial charge is 0.480 e. The van der Waals surface area contributed by atoms with E-state index < -0.39 is 5.97 Å². The summed E-state index contributed by atoms with van der Waals surface area (Å²) in [7, 11) is 0. The molecule has 0 spiro atoms. The van der Waals surface area contributed by atoms with Gasteiger partial charge in [0.25, 0.3) is 0 Å². The van der Waals surface area contributed by atoms with Crippen LogP contribution >= 0.6 is 23.4 Å².